The molecule has 1 fully saturated rings. The lowest BCUT2D eigenvalue weighted by Gasteiger charge is -2.23. The first-order chi connectivity index (χ1) is 16.0. The number of anilines is 1. The van der Waals surface area contributed by atoms with Crippen LogP contribution in [0, 0.1) is 0 Å². The molecule has 1 saturated heterocycles. The Morgan fingerprint density at radius 1 is 1.15 bits per heavy atom. The number of nitrogens with zero attached hydrogens (tertiary/aromatic N) is 3. The predicted molar refractivity (Wildman–Crippen MR) is 122 cm³/mol. The number of nitrogens with one attached hydrogen (secondary N) is 3. The van der Waals surface area contributed by atoms with E-state index in [1.165, 1.54) is 11.8 Å². The summed E-state index contributed by atoms with van der Waals surface area (Å²) >= 11 is 1.24. The van der Waals surface area contributed by atoms with Crippen molar-refractivity contribution in [2.24, 2.45) is 0 Å². The summed E-state index contributed by atoms with van der Waals surface area (Å²) in [6.07, 6.45) is 0.443. The predicted octanol–water partition coefficient (Wildman–Crippen LogP) is 2.15. The molecule has 2 aromatic carbocycles. The van der Waals surface area contributed by atoms with Crippen molar-refractivity contribution < 1.29 is 19.1 Å². The number of carbonyl (C=O) groups is 3. The lowest BCUT2D eigenvalue weighted by molar-refractivity contribution is -0.121. The van der Waals surface area contributed by atoms with Gasteiger partial charge in [-0.1, -0.05) is 30.0 Å². The first-order valence-corrected chi connectivity index (χ1v) is 11.2. The van der Waals surface area contributed by atoms with Crippen LogP contribution in [0.3, 0.4) is 0 Å². The monoisotopic (exact) mass is 466 g/mol. The molecule has 0 spiro atoms. The molecule has 1 aliphatic rings. The van der Waals surface area contributed by atoms with E-state index in [1.54, 1.807) is 7.11 Å². The van der Waals surface area contributed by atoms with Crippen molar-refractivity contribution in [3.63, 3.8) is 0 Å². The number of urea groups is 1. The van der Waals surface area contributed by atoms with Crippen LogP contribution in [-0.2, 0) is 16.0 Å². The van der Waals surface area contributed by atoms with E-state index in [1.807, 2.05) is 59.2 Å². The van der Waals surface area contributed by atoms with E-state index < -0.39 is 12.1 Å². The fourth-order valence-electron chi connectivity index (χ4n) is 3.38. The van der Waals surface area contributed by atoms with Crippen molar-refractivity contribution in [2.75, 3.05) is 18.2 Å². The van der Waals surface area contributed by atoms with E-state index in [0.29, 0.717) is 28.8 Å². The lowest BCUT2D eigenvalue weighted by atomic mass is 10.1. The van der Waals surface area contributed by atoms with E-state index in [4.69, 9.17) is 4.74 Å². The Bertz CT molecular complexity index is 1130. The third-order valence-corrected chi connectivity index (χ3v) is 5.80. The molecule has 4 amide bonds. The number of amides is 4. The van der Waals surface area contributed by atoms with Gasteiger partial charge in [-0.2, -0.15) is 0 Å². The van der Waals surface area contributed by atoms with Crippen molar-refractivity contribution in [3.8, 4) is 11.4 Å². The molecule has 33 heavy (non-hydrogen) atoms. The van der Waals surface area contributed by atoms with Crippen LogP contribution in [0.5, 0.6) is 5.75 Å². The molecule has 10 nitrogen and oxygen atoms in total. The first kappa shape index (κ1) is 22.3. The van der Waals surface area contributed by atoms with Crippen molar-refractivity contribution >= 4 is 35.3 Å². The van der Waals surface area contributed by atoms with E-state index in [2.05, 4.69) is 26.1 Å². The second kappa shape index (κ2) is 10.2. The summed E-state index contributed by atoms with van der Waals surface area (Å²) in [6, 6.07) is 15.6. The van der Waals surface area contributed by atoms with E-state index in [0.717, 1.165) is 5.69 Å². The molecule has 2 heterocycles. The van der Waals surface area contributed by atoms with Crippen molar-refractivity contribution in [3.05, 3.63) is 60.4 Å². The maximum Gasteiger partial charge on any atom is 0.321 e. The Kier molecular flexibility index (Phi) is 6.89. The van der Waals surface area contributed by atoms with Gasteiger partial charge in [0.05, 0.1) is 12.9 Å². The van der Waals surface area contributed by atoms with Gasteiger partial charge in [0.1, 0.15) is 11.6 Å². The lowest BCUT2D eigenvalue weighted by Crippen LogP contribution is -2.53. The molecule has 0 radical (unpaired) electrons. The Morgan fingerprint density at radius 2 is 1.91 bits per heavy atom. The van der Waals surface area contributed by atoms with Crippen molar-refractivity contribution in [2.45, 2.75) is 24.0 Å². The maximum atomic E-state index is 12.4. The molecule has 1 aromatic heterocycles. The van der Waals surface area contributed by atoms with Crippen LogP contribution in [-0.4, -0.2) is 51.5 Å². The van der Waals surface area contributed by atoms with Gasteiger partial charge in [-0.3, -0.25) is 19.5 Å². The van der Waals surface area contributed by atoms with Crippen LogP contribution in [0.25, 0.3) is 5.69 Å². The molecule has 11 heteroatoms. The molecule has 0 saturated carbocycles. The maximum absolute atomic E-state index is 12.4. The van der Waals surface area contributed by atoms with E-state index >= 15 is 0 Å². The minimum Gasteiger partial charge on any atom is -0.497 e. The Hall–Kier alpha value is -3.86. The highest BCUT2D eigenvalue weighted by atomic mass is 32.2. The number of benzene rings is 2. The topological polar surface area (TPSA) is 127 Å². The smallest absolute Gasteiger partial charge is 0.321 e. The van der Waals surface area contributed by atoms with E-state index in [9.17, 15) is 14.4 Å². The molecule has 1 aliphatic heterocycles. The van der Waals surface area contributed by atoms with Crippen LogP contribution in [0.15, 0.2) is 59.8 Å². The standard InChI is InChI=1S/C22H22N6O4S/c1-32-17-9-7-16(8-10-17)28-18(11-15-12-19(29)25-21(31)24-15)26-27-22(28)33-13-20(30)23-14-5-3-2-4-6-14/h2-10,15H,11-13H2,1H3,(H,23,30)(H2,24,25,29,31). The van der Waals surface area contributed by atoms with Crippen LogP contribution in [0.2, 0.25) is 0 Å². The summed E-state index contributed by atoms with van der Waals surface area (Å²) < 4.78 is 7.06. The van der Waals surface area contributed by atoms with Gasteiger partial charge < -0.3 is 15.4 Å². The summed E-state index contributed by atoms with van der Waals surface area (Å²) in [5.74, 6) is 0.873. The molecule has 0 aliphatic carbocycles. The SMILES string of the molecule is COc1ccc(-n2c(CC3CC(=O)NC(=O)N3)nnc2SCC(=O)Nc2ccccc2)cc1. The zero-order chi connectivity index (χ0) is 23.2. The second-order valence-corrected chi connectivity index (χ2v) is 8.20. The summed E-state index contributed by atoms with van der Waals surface area (Å²) in [6.45, 7) is 0. The molecular weight excluding hydrogens is 444 g/mol. The fraction of sp³-hybridized carbons (Fsp3) is 0.227. The number of methoxy groups -OCH3 is 1. The van der Waals surface area contributed by atoms with Crippen LogP contribution >= 0.6 is 11.8 Å². The number of ether oxygens (including phenoxy) is 1. The number of hydrogen-bond acceptors (Lipinski definition) is 7. The Labute approximate surface area is 194 Å². The first-order valence-electron chi connectivity index (χ1n) is 10.2. The average molecular weight is 467 g/mol. The molecule has 1 unspecified atom stereocenters. The van der Waals surface area contributed by atoms with Crippen molar-refractivity contribution in [1.82, 2.24) is 25.4 Å². The largest absolute Gasteiger partial charge is 0.497 e. The number of imide groups is 1. The number of rotatable bonds is 8. The van der Waals surface area contributed by atoms with Gasteiger partial charge >= 0.3 is 6.03 Å². The third-order valence-electron chi connectivity index (χ3n) is 4.87. The molecule has 3 aromatic rings. The molecule has 4 rings (SSSR count). The van der Waals surface area contributed by atoms with Crippen LogP contribution in [0.4, 0.5) is 10.5 Å². The molecule has 3 N–H and O–H groups in total. The fourth-order valence-corrected chi connectivity index (χ4v) is 4.15. The van der Waals surface area contributed by atoms with Gasteiger partial charge in [0.2, 0.25) is 11.8 Å². The molecule has 0 bridgehead atoms. The highest BCUT2D eigenvalue weighted by molar-refractivity contribution is 7.99. The third kappa shape index (κ3) is 5.69. The van der Waals surface area contributed by atoms with Crippen LogP contribution in [0.1, 0.15) is 12.2 Å². The van der Waals surface area contributed by atoms with Crippen LogP contribution < -0.4 is 20.7 Å². The number of aromatic nitrogens is 3. The number of thioether (sulfide) groups is 1. The van der Waals surface area contributed by atoms with E-state index in [-0.39, 0.29) is 24.0 Å². The van der Waals surface area contributed by atoms with Gasteiger partial charge in [0, 0.05) is 30.3 Å². The van der Waals surface area contributed by atoms with Gasteiger partial charge in [-0.25, -0.2) is 4.79 Å². The summed E-state index contributed by atoms with van der Waals surface area (Å²) in [5.41, 5.74) is 1.49. The second-order valence-electron chi connectivity index (χ2n) is 7.26. The molecule has 1 atom stereocenters. The number of carbonyl (C=O) groups excluding carboxylic acids is 3. The van der Waals surface area contributed by atoms with Gasteiger partial charge in [-0.15, -0.1) is 10.2 Å². The summed E-state index contributed by atoms with van der Waals surface area (Å²) in [5, 5.41) is 16.9. The zero-order valence-corrected chi connectivity index (χ0v) is 18.6. The highest BCUT2D eigenvalue weighted by Crippen LogP contribution is 2.25. The van der Waals surface area contributed by atoms with Gasteiger partial charge in [0.25, 0.3) is 0 Å². The molecule has 170 valence electrons. The van der Waals surface area contributed by atoms with Crippen molar-refractivity contribution in [1.29, 1.82) is 0 Å². The summed E-state index contributed by atoms with van der Waals surface area (Å²) in [4.78, 5) is 35.9. The minimum absolute atomic E-state index is 0.131. The quantitative estimate of drug-likeness (QED) is 0.434. The van der Waals surface area contributed by atoms with Gasteiger partial charge in [-0.05, 0) is 36.4 Å². The Balaban J connectivity index is 1.54. The molecular formula is C22H22N6O4S. The number of para-hydroxylation sites is 1. The van der Waals surface area contributed by atoms with Gasteiger partial charge in [0.15, 0.2) is 5.16 Å². The number of hydrogen-bond donors (Lipinski definition) is 3. The summed E-state index contributed by atoms with van der Waals surface area (Å²) in [7, 11) is 1.59. The normalized spacial score (nSPS) is 15.5. The zero-order valence-electron chi connectivity index (χ0n) is 17.8. The average Bonchev–Trinajstić information content (AvgIpc) is 3.20. The highest BCUT2D eigenvalue weighted by Gasteiger charge is 2.27. The minimum atomic E-state index is -0.529. The Morgan fingerprint density at radius 3 is 2.61 bits per heavy atom.